The minimum absolute atomic E-state index is 0.103. The molecule has 1 aliphatic rings. The quantitative estimate of drug-likeness (QED) is 0.738. The Bertz CT molecular complexity index is 894. The summed E-state index contributed by atoms with van der Waals surface area (Å²) in [5.41, 5.74) is 3.24. The third-order valence-electron chi connectivity index (χ3n) is 4.15. The van der Waals surface area contributed by atoms with Gasteiger partial charge in [-0.25, -0.2) is 4.98 Å². The summed E-state index contributed by atoms with van der Waals surface area (Å²) in [7, 11) is 0. The first-order chi connectivity index (χ1) is 12.3. The number of carbonyl (C=O) groups excluding carboxylic acids is 1. The van der Waals surface area contributed by atoms with Crippen LogP contribution in [-0.2, 0) is 6.42 Å². The molecule has 0 radical (unpaired) electrons. The van der Waals surface area contributed by atoms with Crippen molar-refractivity contribution in [3.05, 3.63) is 71.9 Å². The molecule has 1 aliphatic carbocycles. The lowest BCUT2D eigenvalue weighted by Gasteiger charge is -2.19. The van der Waals surface area contributed by atoms with Crippen LogP contribution in [0.15, 0.2) is 60.7 Å². The van der Waals surface area contributed by atoms with Crippen LogP contribution in [0.5, 0.6) is 0 Å². The molecule has 1 heterocycles. The third-order valence-corrected chi connectivity index (χ3v) is 4.15. The van der Waals surface area contributed by atoms with Crippen LogP contribution in [0.25, 0.3) is 0 Å². The third kappa shape index (κ3) is 3.35. The van der Waals surface area contributed by atoms with Crippen LogP contribution >= 0.6 is 0 Å². The van der Waals surface area contributed by atoms with Gasteiger partial charge in [0.05, 0.1) is 11.3 Å². The maximum absolute atomic E-state index is 12.4. The van der Waals surface area contributed by atoms with Crippen molar-refractivity contribution in [2.45, 2.75) is 19.3 Å². The molecule has 2 N–H and O–H groups in total. The Kier molecular flexibility index (Phi) is 4.12. The van der Waals surface area contributed by atoms with E-state index >= 15 is 0 Å². The topological polar surface area (TPSA) is 66.9 Å². The SMILES string of the molecule is O=C1CCCc2nc(Nc3ccccc3)nc(Nc3ccccc3)c21. The first kappa shape index (κ1) is 15.3. The predicted octanol–water partition coefficient (Wildman–Crippen LogP) is 4.48. The molecule has 0 saturated carbocycles. The highest BCUT2D eigenvalue weighted by molar-refractivity contribution is 6.03. The normalized spacial score (nSPS) is 13.2. The highest BCUT2D eigenvalue weighted by Crippen LogP contribution is 2.29. The van der Waals surface area contributed by atoms with Crippen LogP contribution < -0.4 is 10.6 Å². The summed E-state index contributed by atoms with van der Waals surface area (Å²) in [5.74, 6) is 1.17. The Balaban J connectivity index is 1.74. The van der Waals surface area contributed by atoms with E-state index in [1.165, 1.54) is 0 Å². The first-order valence-electron chi connectivity index (χ1n) is 8.38. The Hall–Kier alpha value is -3.21. The smallest absolute Gasteiger partial charge is 0.229 e. The molecular formula is C20H18N4O. The number of benzene rings is 2. The number of aromatic nitrogens is 2. The molecule has 2 aromatic carbocycles. The number of nitrogens with zero attached hydrogens (tertiary/aromatic N) is 2. The van der Waals surface area contributed by atoms with Gasteiger partial charge < -0.3 is 10.6 Å². The summed E-state index contributed by atoms with van der Waals surface area (Å²) in [6.07, 6.45) is 2.17. The van der Waals surface area contributed by atoms with Crippen molar-refractivity contribution >= 4 is 28.9 Å². The van der Waals surface area contributed by atoms with Crippen LogP contribution in [0, 0.1) is 0 Å². The molecule has 4 rings (SSSR count). The number of carbonyl (C=O) groups is 1. The fourth-order valence-electron chi connectivity index (χ4n) is 2.98. The van der Waals surface area contributed by atoms with Gasteiger partial charge in [0.1, 0.15) is 5.82 Å². The standard InChI is InChI=1S/C20H18N4O/c25-17-13-7-12-16-18(17)19(21-14-8-3-1-4-9-14)24-20(23-16)22-15-10-5-2-6-11-15/h1-6,8-11H,7,12-13H2,(H2,21,22,23,24). The molecule has 3 aromatic rings. The maximum Gasteiger partial charge on any atom is 0.229 e. The number of rotatable bonds is 4. The van der Waals surface area contributed by atoms with Crippen molar-refractivity contribution in [1.82, 2.24) is 9.97 Å². The van der Waals surface area contributed by atoms with Gasteiger partial charge in [-0.3, -0.25) is 4.79 Å². The second kappa shape index (κ2) is 6.73. The second-order valence-electron chi connectivity index (χ2n) is 5.98. The van der Waals surface area contributed by atoms with E-state index in [4.69, 9.17) is 0 Å². The largest absolute Gasteiger partial charge is 0.339 e. The molecule has 124 valence electrons. The van der Waals surface area contributed by atoms with E-state index in [1.807, 2.05) is 60.7 Å². The predicted molar refractivity (Wildman–Crippen MR) is 98.7 cm³/mol. The van der Waals surface area contributed by atoms with Crippen molar-refractivity contribution < 1.29 is 4.79 Å². The van der Waals surface area contributed by atoms with Crippen LogP contribution in [0.4, 0.5) is 23.1 Å². The molecule has 25 heavy (non-hydrogen) atoms. The number of fused-ring (bicyclic) bond motifs is 1. The number of ketones is 1. The highest BCUT2D eigenvalue weighted by atomic mass is 16.1. The monoisotopic (exact) mass is 330 g/mol. The Morgan fingerprint density at radius 1 is 0.760 bits per heavy atom. The van der Waals surface area contributed by atoms with Crippen LogP contribution in [-0.4, -0.2) is 15.8 Å². The molecule has 0 unspecified atom stereocenters. The number of para-hydroxylation sites is 2. The minimum Gasteiger partial charge on any atom is -0.339 e. The fourth-order valence-corrected chi connectivity index (χ4v) is 2.98. The Morgan fingerprint density at radius 3 is 2.08 bits per heavy atom. The molecule has 0 bridgehead atoms. The molecule has 1 aromatic heterocycles. The first-order valence-corrected chi connectivity index (χ1v) is 8.38. The van der Waals surface area contributed by atoms with E-state index in [9.17, 15) is 4.79 Å². The van der Waals surface area contributed by atoms with E-state index < -0.39 is 0 Å². The molecule has 0 spiro atoms. The number of aryl methyl sites for hydroxylation is 1. The zero-order valence-electron chi connectivity index (χ0n) is 13.7. The number of hydrogen-bond donors (Lipinski definition) is 2. The van der Waals surface area contributed by atoms with Crippen LogP contribution in [0.2, 0.25) is 0 Å². The second-order valence-corrected chi connectivity index (χ2v) is 5.98. The van der Waals surface area contributed by atoms with E-state index in [0.29, 0.717) is 23.8 Å². The Labute approximate surface area is 146 Å². The fraction of sp³-hybridized carbons (Fsp3) is 0.150. The van der Waals surface area contributed by atoms with Gasteiger partial charge in [-0.1, -0.05) is 36.4 Å². The average molecular weight is 330 g/mol. The van der Waals surface area contributed by atoms with Gasteiger partial charge in [0, 0.05) is 17.8 Å². The lowest BCUT2D eigenvalue weighted by molar-refractivity contribution is 0.0972. The van der Waals surface area contributed by atoms with Gasteiger partial charge in [-0.2, -0.15) is 4.98 Å². The van der Waals surface area contributed by atoms with Gasteiger partial charge in [0.2, 0.25) is 5.95 Å². The van der Waals surface area contributed by atoms with Crippen molar-refractivity contribution in [1.29, 1.82) is 0 Å². The van der Waals surface area contributed by atoms with Crippen molar-refractivity contribution in [3.8, 4) is 0 Å². The summed E-state index contributed by atoms with van der Waals surface area (Å²) in [6.45, 7) is 0. The van der Waals surface area contributed by atoms with Gasteiger partial charge in [0.15, 0.2) is 5.78 Å². The van der Waals surface area contributed by atoms with Crippen molar-refractivity contribution in [2.24, 2.45) is 0 Å². The highest BCUT2D eigenvalue weighted by Gasteiger charge is 2.24. The number of anilines is 4. The van der Waals surface area contributed by atoms with Gasteiger partial charge in [-0.15, -0.1) is 0 Å². The molecular weight excluding hydrogens is 312 g/mol. The minimum atomic E-state index is 0.103. The number of Topliss-reactive ketones (excluding diaryl/α,β-unsaturated/α-hetero) is 1. The van der Waals surface area contributed by atoms with E-state index in [2.05, 4.69) is 20.6 Å². The van der Waals surface area contributed by atoms with Crippen LogP contribution in [0.3, 0.4) is 0 Å². The summed E-state index contributed by atoms with van der Waals surface area (Å²) < 4.78 is 0. The summed E-state index contributed by atoms with van der Waals surface area (Å²) in [4.78, 5) is 21.6. The molecule has 0 amide bonds. The lowest BCUT2D eigenvalue weighted by Crippen LogP contribution is -2.17. The summed E-state index contributed by atoms with van der Waals surface area (Å²) in [5, 5.41) is 6.50. The van der Waals surface area contributed by atoms with E-state index in [1.54, 1.807) is 0 Å². The molecule has 5 heteroatoms. The van der Waals surface area contributed by atoms with Gasteiger partial charge in [-0.05, 0) is 37.1 Å². The lowest BCUT2D eigenvalue weighted by atomic mass is 9.95. The number of nitrogens with one attached hydrogen (secondary N) is 2. The molecule has 5 nitrogen and oxygen atoms in total. The van der Waals surface area contributed by atoms with Gasteiger partial charge >= 0.3 is 0 Å². The van der Waals surface area contributed by atoms with E-state index in [-0.39, 0.29) is 5.78 Å². The number of hydrogen-bond acceptors (Lipinski definition) is 5. The Morgan fingerprint density at radius 2 is 1.40 bits per heavy atom. The summed E-state index contributed by atoms with van der Waals surface area (Å²) >= 11 is 0. The van der Waals surface area contributed by atoms with Crippen LogP contribution in [0.1, 0.15) is 28.9 Å². The van der Waals surface area contributed by atoms with Crippen molar-refractivity contribution in [3.63, 3.8) is 0 Å². The maximum atomic E-state index is 12.4. The molecule has 0 aliphatic heterocycles. The average Bonchev–Trinajstić information content (AvgIpc) is 2.63. The zero-order chi connectivity index (χ0) is 17.1. The molecule has 0 atom stereocenters. The van der Waals surface area contributed by atoms with Gasteiger partial charge in [0.25, 0.3) is 0 Å². The zero-order valence-corrected chi connectivity index (χ0v) is 13.7. The van der Waals surface area contributed by atoms with E-state index in [0.717, 1.165) is 29.9 Å². The van der Waals surface area contributed by atoms with Crippen molar-refractivity contribution in [2.75, 3.05) is 10.6 Å². The molecule has 0 fully saturated rings. The molecule has 0 saturated heterocycles. The summed E-state index contributed by atoms with van der Waals surface area (Å²) in [6, 6.07) is 19.5.